The average molecular weight is 405 g/mol. The molecule has 0 fully saturated rings. The SMILES string of the molecule is CSN(C)c1cncc(-c2c(C)n(C/C(F)=C/CN)c3c(Cl)cccc23)c1. The molecule has 0 aliphatic heterocycles. The van der Waals surface area contributed by atoms with E-state index in [2.05, 4.69) is 11.1 Å². The molecule has 7 heteroatoms. The van der Waals surface area contributed by atoms with Crippen LogP contribution in [0.4, 0.5) is 10.1 Å². The molecule has 1 aromatic carbocycles. The molecule has 0 amide bonds. The Kier molecular flexibility index (Phi) is 6.09. The van der Waals surface area contributed by atoms with Gasteiger partial charge in [0.25, 0.3) is 0 Å². The molecule has 27 heavy (non-hydrogen) atoms. The van der Waals surface area contributed by atoms with Crippen molar-refractivity contribution in [2.24, 2.45) is 5.73 Å². The Balaban J connectivity index is 2.24. The third kappa shape index (κ3) is 3.83. The van der Waals surface area contributed by atoms with Crippen LogP contribution < -0.4 is 10.0 Å². The summed E-state index contributed by atoms with van der Waals surface area (Å²) in [5, 5.41) is 1.57. The van der Waals surface area contributed by atoms with Crippen LogP contribution in [-0.4, -0.2) is 29.4 Å². The highest BCUT2D eigenvalue weighted by Crippen LogP contribution is 2.39. The number of hydrogen-bond donors (Lipinski definition) is 1. The monoisotopic (exact) mass is 404 g/mol. The van der Waals surface area contributed by atoms with E-state index in [4.69, 9.17) is 17.3 Å². The van der Waals surface area contributed by atoms with Gasteiger partial charge in [-0.1, -0.05) is 35.7 Å². The first-order chi connectivity index (χ1) is 13.0. The van der Waals surface area contributed by atoms with Crippen molar-refractivity contribution in [1.82, 2.24) is 9.55 Å². The molecule has 2 heterocycles. The van der Waals surface area contributed by atoms with Crippen molar-refractivity contribution in [3.8, 4) is 11.1 Å². The lowest BCUT2D eigenvalue weighted by Gasteiger charge is -2.15. The number of hydrogen-bond acceptors (Lipinski definition) is 4. The topological polar surface area (TPSA) is 47.1 Å². The highest BCUT2D eigenvalue weighted by atomic mass is 35.5. The maximum Gasteiger partial charge on any atom is 0.117 e. The van der Waals surface area contributed by atoms with Crippen LogP contribution in [0.25, 0.3) is 22.0 Å². The minimum Gasteiger partial charge on any atom is -0.336 e. The van der Waals surface area contributed by atoms with Crippen LogP contribution in [0.2, 0.25) is 5.02 Å². The minimum atomic E-state index is -0.280. The second-order valence-electron chi connectivity index (χ2n) is 6.18. The van der Waals surface area contributed by atoms with E-state index in [1.165, 1.54) is 6.08 Å². The van der Waals surface area contributed by atoms with Gasteiger partial charge >= 0.3 is 0 Å². The normalized spacial score (nSPS) is 12.0. The molecule has 2 aromatic heterocycles. The van der Waals surface area contributed by atoms with E-state index in [1.807, 2.05) is 59.7 Å². The summed E-state index contributed by atoms with van der Waals surface area (Å²) in [6.07, 6.45) is 7.05. The number of halogens is 2. The van der Waals surface area contributed by atoms with E-state index in [0.717, 1.165) is 33.4 Å². The number of aromatic nitrogens is 2. The Labute approximate surface area is 168 Å². The smallest absolute Gasteiger partial charge is 0.117 e. The van der Waals surface area contributed by atoms with Crippen molar-refractivity contribution in [2.45, 2.75) is 13.5 Å². The van der Waals surface area contributed by atoms with E-state index in [9.17, 15) is 4.39 Å². The molecule has 0 bridgehead atoms. The number of allylic oxidation sites excluding steroid dienone is 1. The van der Waals surface area contributed by atoms with Crippen molar-refractivity contribution in [2.75, 3.05) is 24.2 Å². The van der Waals surface area contributed by atoms with Gasteiger partial charge in [-0.25, -0.2) is 4.39 Å². The van der Waals surface area contributed by atoms with Crippen LogP contribution in [0.5, 0.6) is 0 Å². The summed E-state index contributed by atoms with van der Waals surface area (Å²) < 4.78 is 18.2. The summed E-state index contributed by atoms with van der Waals surface area (Å²) in [4.78, 5) is 4.40. The molecule has 0 radical (unpaired) electrons. The zero-order valence-corrected chi connectivity index (χ0v) is 17.1. The maximum absolute atomic E-state index is 14.3. The van der Waals surface area contributed by atoms with Crippen molar-refractivity contribution < 1.29 is 4.39 Å². The summed E-state index contributed by atoms with van der Waals surface area (Å²) in [7, 11) is 1.99. The number of pyridine rings is 1. The highest BCUT2D eigenvalue weighted by molar-refractivity contribution is 7.99. The van der Waals surface area contributed by atoms with Crippen LogP contribution in [0, 0.1) is 6.92 Å². The largest absolute Gasteiger partial charge is 0.336 e. The molecule has 4 nitrogen and oxygen atoms in total. The Morgan fingerprint density at radius 3 is 2.89 bits per heavy atom. The molecule has 0 atom stereocenters. The summed E-state index contributed by atoms with van der Waals surface area (Å²) in [5.74, 6) is -0.280. The van der Waals surface area contributed by atoms with Crippen molar-refractivity contribution >= 4 is 40.1 Å². The zero-order chi connectivity index (χ0) is 19.6. The van der Waals surface area contributed by atoms with Crippen LogP contribution in [-0.2, 0) is 6.54 Å². The van der Waals surface area contributed by atoms with E-state index >= 15 is 0 Å². The minimum absolute atomic E-state index is 0.0983. The third-order valence-corrected chi connectivity index (χ3v) is 5.65. The molecule has 0 aliphatic rings. The number of anilines is 1. The van der Waals surface area contributed by atoms with Crippen molar-refractivity contribution in [3.05, 3.63) is 59.3 Å². The molecule has 3 rings (SSSR count). The van der Waals surface area contributed by atoms with Gasteiger partial charge in [-0.05, 0) is 25.1 Å². The lowest BCUT2D eigenvalue weighted by molar-refractivity contribution is 0.555. The molecule has 0 unspecified atom stereocenters. The van der Waals surface area contributed by atoms with Crippen molar-refractivity contribution in [3.63, 3.8) is 0 Å². The number of benzene rings is 1. The van der Waals surface area contributed by atoms with Gasteiger partial charge in [0.15, 0.2) is 0 Å². The van der Waals surface area contributed by atoms with E-state index < -0.39 is 0 Å². The summed E-state index contributed by atoms with van der Waals surface area (Å²) in [6.45, 7) is 2.24. The second kappa shape index (κ2) is 8.33. The molecule has 0 saturated carbocycles. The Morgan fingerprint density at radius 1 is 1.41 bits per heavy atom. The summed E-state index contributed by atoms with van der Waals surface area (Å²) in [5.41, 5.74) is 10.2. The van der Waals surface area contributed by atoms with Crippen LogP contribution >= 0.6 is 23.5 Å². The quantitative estimate of drug-likeness (QED) is 0.574. The Morgan fingerprint density at radius 2 is 2.19 bits per heavy atom. The number of nitrogens with two attached hydrogens (primary N) is 1. The first-order valence-corrected chi connectivity index (χ1v) is 10.1. The van der Waals surface area contributed by atoms with Gasteiger partial charge in [0.2, 0.25) is 0 Å². The second-order valence-corrected chi connectivity index (χ2v) is 7.50. The van der Waals surface area contributed by atoms with Gasteiger partial charge in [-0.3, -0.25) is 4.98 Å². The van der Waals surface area contributed by atoms with Gasteiger partial charge in [-0.15, -0.1) is 0 Å². The fourth-order valence-electron chi connectivity index (χ4n) is 3.24. The van der Waals surface area contributed by atoms with Crippen LogP contribution in [0.1, 0.15) is 5.69 Å². The summed E-state index contributed by atoms with van der Waals surface area (Å²) >= 11 is 8.09. The molecule has 142 valence electrons. The number of rotatable bonds is 6. The van der Waals surface area contributed by atoms with Gasteiger partial charge < -0.3 is 14.6 Å². The average Bonchev–Trinajstić information content (AvgIpc) is 2.94. The van der Waals surface area contributed by atoms with Gasteiger partial charge in [0.05, 0.1) is 29.0 Å². The standard InChI is InChI=1S/C20H22ClFN4S/c1-13-19(14-9-16(11-24-10-14)25(2)27-3)17-5-4-6-18(21)20(17)26(13)12-15(22)7-8-23/h4-7,9-11H,8,12,23H2,1-3H3/b15-7-. The van der Waals surface area contributed by atoms with E-state index in [0.29, 0.717) is 5.02 Å². The maximum atomic E-state index is 14.3. The van der Waals surface area contributed by atoms with Gasteiger partial charge in [-0.2, -0.15) is 0 Å². The fourth-order valence-corrected chi connectivity index (χ4v) is 3.82. The molecule has 0 spiro atoms. The summed E-state index contributed by atoms with van der Waals surface area (Å²) in [6, 6.07) is 7.83. The van der Waals surface area contributed by atoms with Crippen molar-refractivity contribution in [1.29, 1.82) is 0 Å². The Bertz CT molecular complexity index is 999. The fraction of sp³-hybridized carbons (Fsp3) is 0.250. The highest BCUT2D eigenvalue weighted by Gasteiger charge is 2.19. The van der Waals surface area contributed by atoms with Crippen LogP contribution in [0.3, 0.4) is 0 Å². The van der Waals surface area contributed by atoms with E-state index in [1.54, 1.807) is 11.9 Å². The first kappa shape index (κ1) is 19.7. The molecule has 3 aromatic rings. The first-order valence-electron chi connectivity index (χ1n) is 8.53. The molecular weight excluding hydrogens is 383 g/mol. The van der Waals surface area contributed by atoms with Gasteiger partial charge in [0.1, 0.15) is 5.83 Å². The predicted molar refractivity (Wildman–Crippen MR) is 115 cm³/mol. The lowest BCUT2D eigenvalue weighted by Crippen LogP contribution is -2.05. The molecule has 0 saturated heterocycles. The van der Waals surface area contributed by atoms with Gasteiger partial charge in [0, 0.05) is 48.3 Å². The molecule has 0 aliphatic carbocycles. The Hall–Kier alpha value is -2.02. The molecular formula is C20H22ClFN4S. The number of para-hydroxylation sites is 1. The van der Waals surface area contributed by atoms with Crippen LogP contribution in [0.15, 0.2) is 48.6 Å². The lowest BCUT2D eigenvalue weighted by atomic mass is 10.0. The molecule has 2 N–H and O–H groups in total. The zero-order valence-electron chi connectivity index (χ0n) is 15.5. The number of fused-ring (bicyclic) bond motifs is 1. The number of nitrogens with zero attached hydrogens (tertiary/aromatic N) is 3. The predicted octanol–water partition coefficient (Wildman–Crippen LogP) is 5.19. The third-order valence-electron chi connectivity index (χ3n) is 4.59. The van der Waals surface area contributed by atoms with E-state index in [-0.39, 0.29) is 18.9 Å².